The summed E-state index contributed by atoms with van der Waals surface area (Å²) in [7, 11) is -3.19. The van der Waals surface area contributed by atoms with Gasteiger partial charge in [-0.2, -0.15) is 0 Å². The molecule has 0 radical (unpaired) electrons. The first-order chi connectivity index (χ1) is 7.53. The highest BCUT2D eigenvalue weighted by Gasteiger charge is 2.09. The van der Waals surface area contributed by atoms with Gasteiger partial charge in [-0.3, -0.25) is 0 Å². The van der Waals surface area contributed by atoms with Gasteiger partial charge in [-0.25, -0.2) is 13.1 Å². The second-order valence-corrected chi connectivity index (χ2v) is 6.93. The first-order valence-corrected chi connectivity index (χ1v) is 7.80. The summed E-state index contributed by atoms with van der Waals surface area (Å²) in [5.41, 5.74) is 0. The zero-order chi connectivity index (χ0) is 12.0. The van der Waals surface area contributed by atoms with Gasteiger partial charge in [-0.05, 0) is 18.7 Å². The molecule has 0 aliphatic heterocycles. The maximum Gasteiger partial charge on any atom is 0.213 e. The molecule has 1 aromatic rings. The molecule has 7 heteroatoms. The Morgan fingerprint density at radius 1 is 1.44 bits per heavy atom. The molecule has 1 heterocycles. The van der Waals surface area contributed by atoms with E-state index < -0.39 is 10.0 Å². The topological polar surface area (TPSA) is 58.2 Å². The summed E-state index contributed by atoms with van der Waals surface area (Å²) < 4.78 is 26.2. The van der Waals surface area contributed by atoms with E-state index in [4.69, 9.17) is 11.6 Å². The summed E-state index contributed by atoms with van der Waals surface area (Å²) in [4.78, 5) is 0.914. The number of halogens is 1. The molecule has 0 atom stereocenters. The summed E-state index contributed by atoms with van der Waals surface area (Å²) >= 11 is 7.12. The molecule has 4 nitrogen and oxygen atoms in total. The van der Waals surface area contributed by atoms with Gasteiger partial charge < -0.3 is 5.32 Å². The number of hydrogen-bond donors (Lipinski definition) is 2. The van der Waals surface area contributed by atoms with Crippen LogP contribution in [0, 0.1) is 0 Å². The molecule has 0 saturated carbocycles. The summed E-state index contributed by atoms with van der Waals surface area (Å²) in [6.07, 6.45) is 0. The minimum Gasteiger partial charge on any atom is -0.316 e. The van der Waals surface area contributed by atoms with Crippen LogP contribution >= 0.6 is 22.9 Å². The molecule has 0 aliphatic carbocycles. The Hall–Kier alpha value is -0.140. The third-order valence-corrected chi connectivity index (χ3v) is 4.45. The second kappa shape index (κ2) is 6.56. The Morgan fingerprint density at radius 2 is 2.19 bits per heavy atom. The molecule has 0 spiro atoms. The average molecular weight is 283 g/mol. The van der Waals surface area contributed by atoms with Crippen molar-refractivity contribution in [2.75, 3.05) is 18.8 Å². The lowest BCUT2D eigenvalue weighted by Crippen LogP contribution is -2.31. The van der Waals surface area contributed by atoms with Gasteiger partial charge in [0.05, 0.1) is 10.1 Å². The van der Waals surface area contributed by atoms with E-state index in [2.05, 4.69) is 10.0 Å². The SMILES string of the molecule is CCNCCS(=O)(=O)NCc1ccc(Cl)s1. The van der Waals surface area contributed by atoms with Crippen molar-refractivity contribution in [2.45, 2.75) is 13.5 Å². The van der Waals surface area contributed by atoms with Crippen LogP contribution in [0.4, 0.5) is 0 Å². The molecule has 0 bridgehead atoms. The van der Waals surface area contributed by atoms with Crippen molar-refractivity contribution in [3.05, 3.63) is 21.3 Å². The average Bonchev–Trinajstić information content (AvgIpc) is 2.62. The van der Waals surface area contributed by atoms with Crippen molar-refractivity contribution < 1.29 is 8.42 Å². The highest BCUT2D eigenvalue weighted by atomic mass is 35.5. The number of sulfonamides is 1. The van der Waals surface area contributed by atoms with Crippen molar-refractivity contribution in [3.8, 4) is 0 Å². The van der Waals surface area contributed by atoms with Gasteiger partial charge in [0.2, 0.25) is 10.0 Å². The van der Waals surface area contributed by atoms with Gasteiger partial charge in [0.25, 0.3) is 0 Å². The van der Waals surface area contributed by atoms with Gasteiger partial charge in [0.15, 0.2) is 0 Å². The largest absolute Gasteiger partial charge is 0.316 e. The van der Waals surface area contributed by atoms with Crippen molar-refractivity contribution in [1.29, 1.82) is 0 Å². The zero-order valence-corrected chi connectivity index (χ0v) is 11.4. The van der Waals surface area contributed by atoms with Crippen LogP contribution in [0.2, 0.25) is 4.34 Å². The fourth-order valence-electron chi connectivity index (χ4n) is 1.08. The van der Waals surface area contributed by atoms with Gasteiger partial charge in [0.1, 0.15) is 0 Å². The quantitative estimate of drug-likeness (QED) is 0.744. The van der Waals surface area contributed by atoms with Crippen LogP contribution in [-0.4, -0.2) is 27.3 Å². The summed E-state index contributed by atoms with van der Waals surface area (Å²) in [6.45, 7) is 3.49. The van der Waals surface area contributed by atoms with Crippen molar-refractivity contribution in [2.24, 2.45) is 0 Å². The lowest BCUT2D eigenvalue weighted by atomic mass is 10.5. The van der Waals surface area contributed by atoms with E-state index >= 15 is 0 Å². The molecule has 1 rings (SSSR count). The van der Waals surface area contributed by atoms with Crippen LogP contribution in [0.5, 0.6) is 0 Å². The normalized spacial score (nSPS) is 11.9. The van der Waals surface area contributed by atoms with Gasteiger partial charge in [0, 0.05) is 18.0 Å². The van der Waals surface area contributed by atoms with Crippen molar-refractivity contribution in [3.63, 3.8) is 0 Å². The predicted molar refractivity (Wildman–Crippen MR) is 68.5 cm³/mol. The van der Waals surface area contributed by atoms with E-state index in [1.165, 1.54) is 11.3 Å². The first-order valence-electron chi connectivity index (χ1n) is 4.96. The number of nitrogens with one attached hydrogen (secondary N) is 2. The number of rotatable bonds is 7. The van der Waals surface area contributed by atoms with Crippen LogP contribution in [0.25, 0.3) is 0 Å². The van der Waals surface area contributed by atoms with E-state index in [0.29, 0.717) is 17.4 Å². The smallest absolute Gasteiger partial charge is 0.213 e. The van der Waals surface area contributed by atoms with Crippen LogP contribution in [0.3, 0.4) is 0 Å². The van der Waals surface area contributed by atoms with E-state index in [0.717, 1.165) is 11.4 Å². The molecule has 0 amide bonds. The Bertz CT molecular complexity index is 417. The lowest BCUT2D eigenvalue weighted by molar-refractivity contribution is 0.578. The van der Waals surface area contributed by atoms with Gasteiger partial charge in [-0.15, -0.1) is 11.3 Å². The third kappa shape index (κ3) is 5.27. The molecule has 1 aromatic heterocycles. The molecule has 16 heavy (non-hydrogen) atoms. The van der Waals surface area contributed by atoms with Crippen LogP contribution in [-0.2, 0) is 16.6 Å². The fourth-order valence-corrected chi connectivity index (χ4v) is 3.13. The van der Waals surface area contributed by atoms with Gasteiger partial charge >= 0.3 is 0 Å². The summed E-state index contributed by atoms with van der Waals surface area (Å²) in [6, 6.07) is 3.58. The summed E-state index contributed by atoms with van der Waals surface area (Å²) in [5, 5.41) is 2.97. The Morgan fingerprint density at radius 3 is 2.75 bits per heavy atom. The molecule has 0 aromatic carbocycles. The lowest BCUT2D eigenvalue weighted by Gasteiger charge is -2.05. The number of thiophene rings is 1. The molecule has 92 valence electrons. The predicted octanol–water partition coefficient (Wildman–Crippen LogP) is 1.43. The maximum atomic E-state index is 11.5. The monoisotopic (exact) mass is 282 g/mol. The molecular weight excluding hydrogens is 268 g/mol. The first kappa shape index (κ1) is 13.9. The Labute approximate surface area is 105 Å². The van der Waals surface area contributed by atoms with Crippen LogP contribution in [0.1, 0.15) is 11.8 Å². The van der Waals surface area contributed by atoms with Gasteiger partial charge in [-0.1, -0.05) is 18.5 Å². The minimum absolute atomic E-state index is 0.0972. The Kier molecular flexibility index (Phi) is 5.71. The van der Waals surface area contributed by atoms with E-state index in [1.54, 1.807) is 6.07 Å². The standard InChI is InChI=1S/C9H15ClN2O2S2/c1-2-11-5-6-16(13,14)12-7-8-3-4-9(10)15-8/h3-4,11-12H,2,5-7H2,1H3. The van der Waals surface area contributed by atoms with Crippen molar-refractivity contribution >= 4 is 33.0 Å². The fraction of sp³-hybridized carbons (Fsp3) is 0.556. The highest BCUT2D eigenvalue weighted by molar-refractivity contribution is 7.89. The van der Waals surface area contributed by atoms with Crippen LogP contribution in [0.15, 0.2) is 12.1 Å². The highest BCUT2D eigenvalue weighted by Crippen LogP contribution is 2.21. The van der Waals surface area contributed by atoms with E-state index in [1.807, 2.05) is 13.0 Å². The molecule has 0 fully saturated rings. The zero-order valence-electron chi connectivity index (χ0n) is 8.99. The maximum absolute atomic E-state index is 11.5. The molecule has 2 N–H and O–H groups in total. The Balaban J connectivity index is 2.36. The molecular formula is C9H15ClN2O2S2. The summed E-state index contributed by atoms with van der Waals surface area (Å²) in [5.74, 6) is 0.0972. The molecule has 0 unspecified atom stereocenters. The van der Waals surface area contributed by atoms with E-state index in [9.17, 15) is 8.42 Å². The second-order valence-electron chi connectivity index (χ2n) is 3.20. The molecule has 0 saturated heterocycles. The molecule has 0 aliphatic rings. The van der Waals surface area contributed by atoms with Crippen LogP contribution < -0.4 is 10.0 Å². The minimum atomic E-state index is -3.19. The van der Waals surface area contributed by atoms with E-state index in [-0.39, 0.29) is 5.75 Å². The van der Waals surface area contributed by atoms with Crippen molar-refractivity contribution in [1.82, 2.24) is 10.0 Å². The third-order valence-electron chi connectivity index (χ3n) is 1.89. The number of hydrogen-bond acceptors (Lipinski definition) is 4.